The van der Waals surface area contributed by atoms with Crippen molar-refractivity contribution in [3.05, 3.63) is 0 Å². The minimum Gasteiger partial charge on any atom is -0.479 e. The molecule has 2 atom stereocenters. The van der Waals surface area contributed by atoms with Gasteiger partial charge in [-0.3, -0.25) is 4.79 Å². The fraction of sp³-hybridized carbons (Fsp3) is 0.778. The molecule has 1 amide bonds. The van der Waals surface area contributed by atoms with Crippen LogP contribution in [0, 0.1) is 11.8 Å². The molecule has 0 aromatic rings. The van der Waals surface area contributed by atoms with E-state index in [1.807, 2.05) is 13.8 Å². The molecule has 0 saturated carbocycles. The lowest BCUT2D eigenvalue weighted by Crippen LogP contribution is -2.43. The number of hydrogen-bond acceptors (Lipinski definition) is 4. The molecule has 0 aliphatic rings. The molecular formula is C9H18N2O4. The minimum absolute atomic E-state index is 0.0805. The van der Waals surface area contributed by atoms with E-state index in [0.29, 0.717) is 0 Å². The van der Waals surface area contributed by atoms with Crippen molar-refractivity contribution in [2.24, 2.45) is 17.6 Å². The number of aliphatic hydroxyl groups is 1. The molecule has 2 unspecified atom stereocenters. The molecule has 0 rings (SSSR count). The highest BCUT2D eigenvalue weighted by Gasteiger charge is 2.22. The fourth-order valence-corrected chi connectivity index (χ4v) is 1.10. The molecule has 5 N–H and O–H groups in total. The van der Waals surface area contributed by atoms with Gasteiger partial charge in [-0.2, -0.15) is 0 Å². The quantitative estimate of drug-likeness (QED) is 0.446. The van der Waals surface area contributed by atoms with Gasteiger partial charge in [0.25, 0.3) is 0 Å². The molecule has 0 fully saturated rings. The van der Waals surface area contributed by atoms with Gasteiger partial charge in [0.2, 0.25) is 5.91 Å². The number of carboxylic acids is 1. The highest BCUT2D eigenvalue weighted by molar-refractivity contribution is 5.80. The number of amides is 1. The van der Waals surface area contributed by atoms with E-state index in [2.05, 4.69) is 5.32 Å². The number of nitrogens with one attached hydrogen (secondary N) is 1. The maximum atomic E-state index is 11.4. The fourth-order valence-electron chi connectivity index (χ4n) is 1.10. The van der Waals surface area contributed by atoms with Crippen molar-refractivity contribution in [1.82, 2.24) is 5.32 Å². The highest BCUT2D eigenvalue weighted by atomic mass is 16.4. The van der Waals surface area contributed by atoms with E-state index in [-0.39, 0.29) is 30.8 Å². The number of aliphatic hydroxyl groups excluding tert-OH is 1. The Hall–Kier alpha value is -1.14. The Morgan fingerprint density at radius 2 is 1.93 bits per heavy atom. The summed E-state index contributed by atoms with van der Waals surface area (Å²) in [5.41, 5.74) is 5.40. The molecule has 6 nitrogen and oxygen atoms in total. The Kier molecular flexibility index (Phi) is 5.88. The zero-order valence-electron chi connectivity index (χ0n) is 8.93. The highest BCUT2D eigenvalue weighted by Crippen LogP contribution is 2.08. The largest absolute Gasteiger partial charge is 0.479 e. The van der Waals surface area contributed by atoms with Crippen LogP contribution >= 0.6 is 0 Å². The molecule has 0 heterocycles. The minimum atomic E-state index is -1.57. The summed E-state index contributed by atoms with van der Waals surface area (Å²) in [6.45, 7) is 3.61. The lowest BCUT2D eigenvalue weighted by atomic mass is 9.95. The Bertz CT molecular complexity index is 230. The van der Waals surface area contributed by atoms with Gasteiger partial charge >= 0.3 is 5.97 Å². The van der Waals surface area contributed by atoms with Gasteiger partial charge < -0.3 is 21.3 Å². The lowest BCUT2D eigenvalue weighted by molar-refractivity contribution is -0.146. The van der Waals surface area contributed by atoms with Crippen LogP contribution in [0.4, 0.5) is 0 Å². The monoisotopic (exact) mass is 218 g/mol. The number of aliphatic carboxylic acids is 1. The van der Waals surface area contributed by atoms with Crippen LogP contribution in [0.25, 0.3) is 0 Å². The maximum Gasteiger partial charge on any atom is 0.334 e. The second-order valence-electron chi connectivity index (χ2n) is 3.69. The smallest absolute Gasteiger partial charge is 0.334 e. The molecule has 0 spiro atoms. The number of hydrogen-bond donors (Lipinski definition) is 4. The third kappa shape index (κ3) is 4.75. The van der Waals surface area contributed by atoms with E-state index < -0.39 is 12.1 Å². The van der Waals surface area contributed by atoms with E-state index in [9.17, 15) is 9.59 Å². The summed E-state index contributed by atoms with van der Waals surface area (Å²) in [5, 5.41) is 19.6. The van der Waals surface area contributed by atoms with Crippen molar-refractivity contribution < 1.29 is 19.8 Å². The van der Waals surface area contributed by atoms with E-state index in [0.717, 1.165) is 0 Å². The Balaban J connectivity index is 4.07. The molecule has 0 aromatic heterocycles. The number of nitrogens with two attached hydrogens (primary N) is 1. The van der Waals surface area contributed by atoms with Gasteiger partial charge in [0.15, 0.2) is 6.10 Å². The van der Waals surface area contributed by atoms with E-state index >= 15 is 0 Å². The van der Waals surface area contributed by atoms with E-state index in [1.54, 1.807) is 0 Å². The molecule has 0 aliphatic carbocycles. The SMILES string of the molecule is CC(C)C(CN)C(=O)NCC(O)C(=O)O. The summed E-state index contributed by atoms with van der Waals surface area (Å²) in [4.78, 5) is 21.7. The molecular weight excluding hydrogens is 200 g/mol. The van der Waals surface area contributed by atoms with Gasteiger partial charge in [-0.25, -0.2) is 4.79 Å². The summed E-state index contributed by atoms with van der Waals surface area (Å²) in [6, 6.07) is 0. The average Bonchev–Trinajstić information content (AvgIpc) is 2.14. The normalized spacial score (nSPS) is 14.7. The molecule has 0 aliphatic heterocycles. The van der Waals surface area contributed by atoms with Crippen molar-refractivity contribution in [3.63, 3.8) is 0 Å². The summed E-state index contributed by atoms with van der Waals surface area (Å²) in [6.07, 6.45) is -1.57. The third-order valence-corrected chi connectivity index (χ3v) is 2.15. The van der Waals surface area contributed by atoms with E-state index in [4.69, 9.17) is 15.9 Å². The van der Waals surface area contributed by atoms with Crippen LogP contribution in [0.1, 0.15) is 13.8 Å². The molecule has 0 saturated heterocycles. The molecule has 0 aromatic carbocycles. The lowest BCUT2D eigenvalue weighted by Gasteiger charge is -2.18. The van der Waals surface area contributed by atoms with Gasteiger partial charge in [0, 0.05) is 6.54 Å². The first-order valence-corrected chi connectivity index (χ1v) is 4.78. The number of carbonyl (C=O) groups excluding carboxylic acids is 1. The summed E-state index contributed by atoms with van der Waals surface area (Å²) in [5.74, 6) is -1.96. The van der Waals surface area contributed by atoms with Gasteiger partial charge in [-0.1, -0.05) is 13.8 Å². The first-order chi connectivity index (χ1) is 6.90. The average molecular weight is 218 g/mol. The molecule has 6 heteroatoms. The standard InChI is InChI=1S/C9H18N2O4/c1-5(2)6(3-10)8(13)11-4-7(12)9(14)15/h5-7,12H,3-4,10H2,1-2H3,(H,11,13)(H,14,15). The van der Waals surface area contributed by atoms with Crippen molar-refractivity contribution >= 4 is 11.9 Å². The molecule has 0 bridgehead atoms. The predicted molar refractivity (Wildman–Crippen MR) is 54.0 cm³/mol. The summed E-state index contributed by atoms with van der Waals surface area (Å²) < 4.78 is 0. The van der Waals surface area contributed by atoms with Crippen LogP contribution < -0.4 is 11.1 Å². The maximum absolute atomic E-state index is 11.4. The number of carbonyl (C=O) groups is 2. The summed E-state index contributed by atoms with van der Waals surface area (Å²) >= 11 is 0. The van der Waals surface area contributed by atoms with Crippen LogP contribution in [0.15, 0.2) is 0 Å². The Morgan fingerprint density at radius 3 is 2.27 bits per heavy atom. The summed E-state index contributed by atoms with van der Waals surface area (Å²) in [7, 11) is 0. The topological polar surface area (TPSA) is 113 Å². The molecule has 0 radical (unpaired) electrons. The van der Waals surface area contributed by atoms with Crippen molar-refractivity contribution in [1.29, 1.82) is 0 Å². The van der Waals surface area contributed by atoms with Gasteiger partial charge in [0.1, 0.15) is 0 Å². The van der Waals surface area contributed by atoms with Crippen molar-refractivity contribution in [3.8, 4) is 0 Å². The zero-order valence-corrected chi connectivity index (χ0v) is 8.93. The second-order valence-corrected chi connectivity index (χ2v) is 3.69. The third-order valence-electron chi connectivity index (χ3n) is 2.15. The second kappa shape index (κ2) is 6.36. The van der Waals surface area contributed by atoms with Crippen LogP contribution in [-0.2, 0) is 9.59 Å². The molecule has 88 valence electrons. The number of rotatable bonds is 6. The first-order valence-electron chi connectivity index (χ1n) is 4.78. The molecule has 15 heavy (non-hydrogen) atoms. The Labute approximate surface area is 88.5 Å². The Morgan fingerprint density at radius 1 is 1.40 bits per heavy atom. The van der Waals surface area contributed by atoms with Gasteiger partial charge in [0.05, 0.1) is 12.5 Å². The van der Waals surface area contributed by atoms with E-state index in [1.165, 1.54) is 0 Å². The van der Waals surface area contributed by atoms with Crippen LogP contribution in [0.2, 0.25) is 0 Å². The van der Waals surface area contributed by atoms with Crippen molar-refractivity contribution in [2.75, 3.05) is 13.1 Å². The first kappa shape index (κ1) is 13.9. The van der Waals surface area contributed by atoms with Crippen LogP contribution in [-0.4, -0.2) is 41.3 Å². The van der Waals surface area contributed by atoms with Crippen molar-refractivity contribution in [2.45, 2.75) is 20.0 Å². The van der Waals surface area contributed by atoms with Crippen LogP contribution in [0.5, 0.6) is 0 Å². The van der Waals surface area contributed by atoms with Crippen LogP contribution in [0.3, 0.4) is 0 Å². The van der Waals surface area contributed by atoms with Gasteiger partial charge in [-0.15, -0.1) is 0 Å². The zero-order chi connectivity index (χ0) is 12.0. The predicted octanol–water partition coefficient (Wildman–Crippen LogP) is -1.22. The van der Waals surface area contributed by atoms with Gasteiger partial charge in [-0.05, 0) is 5.92 Å². The number of carboxylic acid groups (broad SMARTS) is 1.